The van der Waals surface area contributed by atoms with Gasteiger partial charge in [0.25, 0.3) is 11.8 Å². The average Bonchev–Trinajstić information content (AvgIpc) is 2.77. The minimum Gasteiger partial charge on any atom is -0.488 e. The number of hydrogen-bond donors (Lipinski definition) is 1. The molecular weight excluding hydrogens is 463 g/mol. The molecule has 0 spiro atoms. The lowest BCUT2D eigenvalue weighted by Crippen LogP contribution is -2.54. The first-order valence-electron chi connectivity index (χ1n) is 9.97. The van der Waals surface area contributed by atoms with E-state index in [4.69, 9.17) is 27.9 Å². The van der Waals surface area contributed by atoms with Crippen molar-refractivity contribution in [3.05, 3.63) is 99.0 Å². The molecule has 1 saturated heterocycles. The number of carbonyl (C=O) groups is 3. The first-order valence-corrected chi connectivity index (χ1v) is 10.7. The number of aryl methyl sites for hydroxylation is 1. The zero-order valence-electron chi connectivity index (χ0n) is 17.5. The summed E-state index contributed by atoms with van der Waals surface area (Å²) in [5.74, 6) is -1.05. The highest BCUT2D eigenvalue weighted by atomic mass is 35.5. The molecule has 0 unspecified atom stereocenters. The van der Waals surface area contributed by atoms with Gasteiger partial charge in [-0.3, -0.25) is 14.9 Å². The largest absolute Gasteiger partial charge is 0.488 e. The fourth-order valence-electron chi connectivity index (χ4n) is 3.34. The third kappa shape index (κ3) is 4.92. The Morgan fingerprint density at radius 2 is 1.76 bits per heavy atom. The van der Waals surface area contributed by atoms with Crippen LogP contribution in [0.2, 0.25) is 10.0 Å². The molecule has 0 saturated carbocycles. The van der Waals surface area contributed by atoms with Crippen molar-refractivity contribution in [3.63, 3.8) is 0 Å². The second-order valence-electron chi connectivity index (χ2n) is 7.36. The maximum absolute atomic E-state index is 13.1. The van der Waals surface area contributed by atoms with E-state index >= 15 is 0 Å². The minimum atomic E-state index is -0.797. The summed E-state index contributed by atoms with van der Waals surface area (Å²) in [7, 11) is 0. The number of benzene rings is 3. The van der Waals surface area contributed by atoms with E-state index in [1.807, 2.05) is 13.0 Å². The van der Waals surface area contributed by atoms with Gasteiger partial charge in [0.2, 0.25) is 0 Å². The molecule has 0 bridgehead atoms. The van der Waals surface area contributed by atoms with Crippen molar-refractivity contribution in [3.8, 4) is 5.75 Å². The smallest absolute Gasteiger partial charge is 0.335 e. The Balaban J connectivity index is 1.64. The maximum Gasteiger partial charge on any atom is 0.335 e. The van der Waals surface area contributed by atoms with Crippen molar-refractivity contribution in [1.82, 2.24) is 5.32 Å². The number of anilines is 1. The van der Waals surface area contributed by atoms with Gasteiger partial charge in [-0.1, -0.05) is 59.6 Å². The Labute approximate surface area is 200 Å². The van der Waals surface area contributed by atoms with Gasteiger partial charge in [0.1, 0.15) is 17.9 Å². The summed E-state index contributed by atoms with van der Waals surface area (Å²) in [5, 5.41) is 3.21. The number of rotatable bonds is 5. The highest BCUT2D eigenvalue weighted by Gasteiger charge is 2.37. The van der Waals surface area contributed by atoms with Gasteiger partial charge in [0, 0.05) is 21.2 Å². The number of halogens is 2. The van der Waals surface area contributed by atoms with Gasteiger partial charge in [0.05, 0.1) is 5.69 Å². The molecule has 0 aliphatic carbocycles. The highest BCUT2D eigenvalue weighted by molar-refractivity contribution is 6.39. The molecule has 4 rings (SSSR count). The minimum absolute atomic E-state index is 0.157. The number of nitrogens with zero attached hydrogens (tertiary/aromatic N) is 1. The molecular formula is C25H18Cl2N2O4. The molecule has 3 aromatic rings. The molecule has 1 aliphatic rings. The van der Waals surface area contributed by atoms with Crippen LogP contribution in [0.15, 0.2) is 72.3 Å². The number of imide groups is 2. The SMILES string of the molecule is Cc1cccc(N2C(=O)NC(=O)/C(=C\c3ccccc3OCc3ccc(Cl)cc3Cl)C2=O)c1. The monoisotopic (exact) mass is 480 g/mol. The molecule has 1 N–H and O–H groups in total. The number of hydrogen-bond acceptors (Lipinski definition) is 4. The zero-order valence-corrected chi connectivity index (χ0v) is 19.0. The van der Waals surface area contributed by atoms with Crippen molar-refractivity contribution in [1.29, 1.82) is 0 Å². The van der Waals surface area contributed by atoms with E-state index in [1.165, 1.54) is 6.08 Å². The van der Waals surface area contributed by atoms with Crippen LogP contribution < -0.4 is 15.0 Å². The van der Waals surface area contributed by atoms with Gasteiger partial charge in [0.15, 0.2) is 0 Å². The van der Waals surface area contributed by atoms with Crippen LogP contribution in [0.4, 0.5) is 10.5 Å². The molecule has 1 aliphatic heterocycles. The third-order valence-electron chi connectivity index (χ3n) is 4.98. The van der Waals surface area contributed by atoms with Gasteiger partial charge in [-0.15, -0.1) is 0 Å². The Kier molecular flexibility index (Phi) is 6.49. The topological polar surface area (TPSA) is 75.7 Å². The molecule has 33 heavy (non-hydrogen) atoms. The normalized spacial score (nSPS) is 15.1. The van der Waals surface area contributed by atoms with Gasteiger partial charge in [-0.25, -0.2) is 9.69 Å². The number of carbonyl (C=O) groups excluding carboxylic acids is 3. The second kappa shape index (κ2) is 9.48. The lowest BCUT2D eigenvalue weighted by Gasteiger charge is -2.26. The van der Waals surface area contributed by atoms with E-state index in [-0.39, 0.29) is 12.2 Å². The number of nitrogens with one attached hydrogen (secondary N) is 1. The van der Waals surface area contributed by atoms with Crippen molar-refractivity contribution in [2.24, 2.45) is 0 Å². The Morgan fingerprint density at radius 1 is 0.970 bits per heavy atom. The van der Waals surface area contributed by atoms with Crippen molar-refractivity contribution < 1.29 is 19.1 Å². The molecule has 6 nitrogen and oxygen atoms in total. The van der Waals surface area contributed by atoms with E-state index in [0.717, 1.165) is 16.0 Å². The molecule has 0 aromatic heterocycles. The fraction of sp³-hybridized carbons (Fsp3) is 0.0800. The lowest BCUT2D eigenvalue weighted by atomic mass is 10.1. The van der Waals surface area contributed by atoms with Crippen molar-refractivity contribution >= 4 is 52.8 Å². The summed E-state index contributed by atoms with van der Waals surface area (Å²) in [6, 6.07) is 18.1. The van der Waals surface area contributed by atoms with E-state index in [2.05, 4.69) is 5.32 Å². The van der Waals surface area contributed by atoms with Gasteiger partial charge in [-0.2, -0.15) is 0 Å². The second-order valence-corrected chi connectivity index (χ2v) is 8.20. The number of amides is 4. The van der Waals surface area contributed by atoms with E-state index in [1.54, 1.807) is 60.7 Å². The molecule has 1 fully saturated rings. The number of urea groups is 1. The first kappa shape index (κ1) is 22.6. The molecule has 4 amide bonds. The summed E-state index contributed by atoms with van der Waals surface area (Å²) in [6.45, 7) is 2.00. The Bertz CT molecular complexity index is 1300. The molecule has 0 radical (unpaired) electrons. The quantitative estimate of drug-likeness (QED) is 0.383. The third-order valence-corrected chi connectivity index (χ3v) is 5.57. The van der Waals surface area contributed by atoms with Gasteiger partial charge >= 0.3 is 6.03 Å². The van der Waals surface area contributed by atoms with E-state index in [9.17, 15) is 14.4 Å². The lowest BCUT2D eigenvalue weighted by molar-refractivity contribution is -0.122. The summed E-state index contributed by atoms with van der Waals surface area (Å²) < 4.78 is 5.91. The van der Waals surface area contributed by atoms with Crippen LogP contribution >= 0.6 is 23.2 Å². The highest BCUT2D eigenvalue weighted by Crippen LogP contribution is 2.28. The maximum atomic E-state index is 13.1. The van der Waals surface area contributed by atoms with Crippen LogP contribution in [0.25, 0.3) is 6.08 Å². The zero-order chi connectivity index (χ0) is 23.5. The van der Waals surface area contributed by atoms with Gasteiger partial charge < -0.3 is 4.74 Å². The predicted molar refractivity (Wildman–Crippen MR) is 127 cm³/mol. The summed E-state index contributed by atoms with van der Waals surface area (Å²) in [5.41, 5.74) is 2.29. The molecule has 0 atom stereocenters. The molecule has 166 valence electrons. The standard InChI is InChI=1S/C25H18Cl2N2O4/c1-15-5-4-7-19(11-15)29-24(31)20(23(30)28-25(29)32)12-16-6-2-3-8-22(16)33-14-17-9-10-18(26)13-21(17)27/h2-13H,14H2,1H3,(H,28,30,32)/b20-12+. The van der Waals surface area contributed by atoms with E-state index < -0.39 is 17.8 Å². The van der Waals surface area contributed by atoms with Crippen LogP contribution in [-0.2, 0) is 16.2 Å². The van der Waals surface area contributed by atoms with Crippen molar-refractivity contribution in [2.75, 3.05) is 4.90 Å². The number of para-hydroxylation sites is 1. The average molecular weight is 481 g/mol. The summed E-state index contributed by atoms with van der Waals surface area (Å²) >= 11 is 12.2. The molecule has 8 heteroatoms. The van der Waals surface area contributed by atoms with Crippen LogP contribution in [0, 0.1) is 6.92 Å². The summed E-state index contributed by atoms with van der Waals surface area (Å²) in [6.07, 6.45) is 1.41. The Hall–Kier alpha value is -3.61. The fourth-order valence-corrected chi connectivity index (χ4v) is 3.80. The summed E-state index contributed by atoms with van der Waals surface area (Å²) in [4.78, 5) is 39.0. The number of ether oxygens (including phenoxy) is 1. The Morgan fingerprint density at radius 3 is 2.52 bits per heavy atom. The van der Waals surface area contributed by atoms with Crippen LogP contribution in [0.3, 0.4) is 0 Å². The predicted octanol–water partition coefficient (Wildman–Crippen LogP) is 5.55. The van der Waals surface area contributed by atoms with Crippen LogP contribution in [0.5, 0.6) is 5.75 Å². The van der Waals surface area contributed by atoms with Crippen LogP contribution in [0.1, 0.15) is 16.7 Å². The molecule has 3 aromatic carbocycles. The van der Waals surface area contributed by atoms with Crippen LogP contribution in [-0.4, -0.2) is 17.8 Å². The van der Waals surface area contributed by atoms with Gasteiger partial charge in [-0.05, 0) is 48.9 Å². The molecule has 1 heterocycles. The number of barbiturate groups is 1. The van der Waals surface area contributed by atoms with Crippen molar-refractivity contribution in [2.45, 2.75) is 13.5 Å². The first-order chi connectivity index (χ1) is 15.8. The van der Waals surface area contributed by atoms with E-state index in [0.29, 0.717) is 27.0 Å².